The summed E-state index contributed by atoms with van der Waals surface area (Å²) in [4.78, 5) is 26.6. The van der Waals surface area contributed by atoms with Gasteiger partial charge in [0.15, 0.2) is 0 Å². The molecule has 1 aliphatic rings. The van der Waals surface area contributed by atoms with Gasteiger partial charge in [-0.3, -0.25) is 4.79 Å². The maximum atomic E-state index is 12.5. The van der Waals surface area contributed by atoms with Crippen molar-refractivity contribution in [1.82, 2.24) is 39.9 Å². The zero-order chi connectivity index (χ0) is 19.5. The molecule has 146 valence electrons. The number of hydrogen-bond donors (Lipinski definition) is 1. The van der Waals surface area contributed by atoms with Crippen LogP contribution in [-0.2, 0) is 11.3 Å². The van der Waals surface area contributed by atoms with Crippen molar-refractivity contribution in [2.24, 2.45) is 0 Å². The van der Waals surface area contributed by atoms with E-state index in [9.17, 15) is 9.59 Å². The molecule has 1 amide bonds. The van der Waals surface area contributed by atoms with Crippen LogP contribution in [0, 0.1) is 6.92 Å². The van der Waals surface area contributed by atoms with Crippen LogP contribution >= 0.6 is 0 Å². The number of aromatic amines is 1. The molecule has 3 aromatic rings. The highest BCUT2D eigenvalue weighted by molar-refractivity contribution is 5.76. The zero-order valence-electron chi connectivity index (χ0n) is 15.7. The van der Waals surface area contributed by atoms with Crippen LogP contribution in [0.4, 0.5) is 0 Å². The normalized spacial score (nSPS) is 15.1. The maximum Gasteiger partial charge on any atom is 0.347 e. The number of piperidine rings is 1. The smallest absolute Gasteiger partial charge is 0.343 e. The van der Waals surface area contributed by atoms with Gasteiger partial charge in [0, 0.05) is 25.4 Å². The molecule has 1 fully saturated rings. The lowest BCUT2D eigenvalue weighted by molar-refractivity contribution is -0.132. The first-order chi connectivity index (χ1) is 13.6. The van der Waals surface area contributed by atoms with Crippen molar-refractivity contribution < 1.29 is 4.79 Å². The number of amides is 1. The number of H-pyrrole nitrogens is 1. The van der Waals surface area contributed by atoms with Gasteiger partial charge in [-0.25, -0.2) is 19.1 Å². The fourth-order valence-electron chi connectivity index (χ4n) is 3.61. The van der Waals surface area contributed by atoms with Crippen molar-refractivity contribution in [2.45, 2.75) is 38.6 Å². The van der Waals surface area contributed by atoms with Crippen LogP contribution in [0.1, 0.15) is 36.8 Å². The van der Waals surface area contributed by atoms with E-state index in [4.69, 9.17) is 0 Å². The zero-order valence-corrected chi connectivity index (χ0v) is 15.7. The molecule has 1 saturated heterocycles. The Morgan fingerprint density at radius 3 is 2.64 bits per heavy atom. The summed E-state index contributed by atoms with van der Waals surface area (Å²) in [6, 6.07) is 9.48. The third-order valence-corrected chi connectivity index (χ3v) is 5.17. The Kier molecular flexibility index (Phi) is 5.00. The molecule has 0 saturated carbocycles. The standard InChI is InChI=1S/C18H22N8O2/c1-13-19-22-23-25(13)12-9-16(27)24-10-7-14(8-11-24)17-20-21-18(28)26(17)15-5-3-2-4-6-15/h2-6,14H,7-12H2,1H3,(H,21,28). The lowest BCUT2D eigenvalue weighted by atomic mass is 9.95. The summed E-state index contributed by atoms with van der Waals surface area (Å²) in [5.74, 6) is 1.65. The molecule has 1 aromatic carbocycles. The molecule has 4 rings (SSSR count). The Morgan fingerprint density at radius 1 is 1.21 bits per heavy atom. The first kappa shape index (κ1) is 18.1. The van der Waals surface area contributed by atoms with Gasteiger partial charge in [-0.1, -0.05) is 18.2 Å². The number of benzene rings is 1. The van der Waals surface area contributed by atoms with Crippen molar-refractivity contribution >= 4 is 5.91 Å². The monoisotopic (exact) mass is 382 g/mol. The van der Waals surface area contributed by atoms with Gasteiger partial charge >= 0.3 is 5.69 Å². The van der Waals surface area contributed by atoms with Crippen molar-refractivity contribution in [3.05, 3.63) is 52.5 Å². The number of nitrogens with zero attached hydrogens (tertiary/aromatic N) is 7. The molecule has 10 nitrogen and oxygen atoms in total. The second-order valence-electron chi connectivity index (χ2n) is 6.91. The van der Waals surface area contributed by atoms with Crippen LogP contribution in [-0.4, -0.2) is 58.9 Å². The maximum absolute atomic E-state index is 12.5. The van der Waals surface area contributed by atoms with Gasteiger partial charge in [-0.15, -0.1) is 5.10 Å². The van der Waals surface area contributed by atoms with Crippen LogP contribution in [0.25, 0.3) is 5.69 Å². The number of aromatic nitrogens is 7. The minimum absolute atomic E-state index is 0.0934. The Balaban J connectivity index is 1.39. The minimum Gasteiger partial charge on any atom is -0.343 e. The molecule has 1 N–H and O–H groups in total. The summed E-state index contributed by atoms with van der Waals surface area (Å²) >= 11 is 0. The Labute approximate surface area is 161 Å². The molecule has 28 heavy (non-hydrogen) atoms. The average molecular weight is 382 g/mol. The molecular weight excluding hydrogens is 360 g/mol. The predicted octanol–water partition coefficient (Wildman–Crippen LogP) is 0.652. The highest BCUT2D eigenvalue weighted by Crippen LogP contribution is 2.27. The van der Waals surface area contributed by atoms with Crippen molar-refractivity contribution in [3.8, 4) is 5.69 Å². The van der Waals surface area contributed by atoms with Gasteiger partial charge in [-0.2, -0.15) is 5.10 Å². The van der Waals surface area contributed by atoms with Crippen LogP contribution in [0.5, 0.6) is 0 Å². The summed E-state index contributed by atoms with van der Waals surface area (Å²) in [7, 11) is 0. The highest BCUT2D eigenvalue weighted by Gasteiger charge is 2.28. The van der Waals surface area contributed by atoms with E-state index in [-0.39, 0.29) is 17.5 Å². The molecule has 3 heterocycles. The Bertz CT molecular complexity index is 998. The highest BCUT2D eigenvalue weighted by atomic mass is 16.2. The Hall–Kier alpha value is -3.30. The summed E-state index contributed by atoms with van der Waals surface area (Å²) < 4.78 is 3.26. The van der Waals surface area contributed by atoms with E-state index >= 15 is 0 Å². The van der Waals surface area contributed by atoms with Gasteiger partial charge in [0.1, 0.15) is 11.6 Å². The van der Waals surface area contributed by atoms with Crippen molar-refractivity contribution in [2.75, 3.05) is 13.1 Å². The Morgan fingerprint density at radius 2 is 1.96 bits per heavy atom. The number of para-hydroxylation sites is 1. The molecule has 1 aliphatic heterocycles. The number of carbonyl (C=O) groups is 1. The summed E-state index contributed by atoms with van der Waals surface area (Å²) in [5.41, 5.74) is 0.558. The average Bonchev–Trinajstić information content (AvgIpc) is 3.32. The number of aryl methyl sites for hydroxylation is 2. The molecular formula is C18H22N8O2. The molecule has 0 bridgehead atoms. The molecule has 2 aromatic heterocycles. The summed E-state index contributed by atoms with van der Waals surface area (Å²) in [6.07, 6.45) is 1.91. The van der Waals surface area contributed by atoms with E-state index < -0.39 is 0 Å². The lowest BCUT2D eigenvalue weighted by Gasteiger charge is -2.31. The van der Waals surface area contributed by atoms with Crippen LogP contribution in [0.15, 0.2) is 35.1 Å². The van der Waals surface area contributed by atoms with E-state index in [0.29, 0.717) is 31.9 Å². The van der Waals surface area contributed by atoms with Crippen molar-refractivity contribution in [3.63, 3.8) is 0 Å². The third-order valence-electron chi connectivity index (χ3n) is 5.17. The molecule has 0 unspecified atom stereocenters. The largest absolute Gasteiger partial charge is 0.347 e. The van der Waals surface area contributed by atoms with E-state index in [0.717, 1.165) is 24.4 Å². The van der Waals surface area contributed by atoms with E-state index in [2.05, 4.69) is 25.7 Å². The van der Waals surface area contributed by atoms with Gasteiger partial charge in [-0.05, 0) is 42.3 Å². The van der Waals surface area contributed by atoms with E-state index in [1.54, 1.807) is 9.25 Å². The van der Waals surface area contributed by atoms with Crippen LogP contribution < -0.4 is 5.69 Å². The number of likely N-dealkylation sites (tertiary alicyclic amines) is 1. The number of hydrogen-bond acceptors (Lipinski definition) is 6. The SMILES string of the molecule is Cc1nnnn1CCC(=O)N1CCC(c2n[nH]c(=O)n2-c2ccccc2)CC1. The number of carbonyl (C=O) groups excluding carboxylic acids is 1. The lowest BCUT2D eigenvalue weighted by Crippen LogP contribution is -2.39. The van der Waals surface area contributed by atoms with Gasteiger partial charge in [0.25, 0.3) is 0 Å². The molecule has 0 aliphatic carbocycles. The fourth-order valence-corrected chi connectivity index (χ4v) is 3.61. The predicted molar refractivity (Wildman–Crippen MR) is 99.9 cm³/mol. The fraction of sp³-hybridized carbons (Fsp3) is 0.444. The van der Waals surface area contributed by atoms with E-state index in [1.807, 2.05) is 42.2 Å². The molecule has 10 heteroatoms. The summed E-state index contributed by atoms with van der Waals surface area (Å²) in [6.45, 7) is 3.58. The topological polar surface area (TPSA) is 115 Å². The quantitative estimate of drug-likeness (QED) is 0.693. The summed E-state index contributed by atoms with van der Waals surface area (Å²) in [5, 5.41) is 18.1. The molecule has 0 spiro atoms. The number of rotatable bonds is 5. The van der Waals surface area contributed by atoms with Gasteiger partial charge in [0.05, 0.1) is 12.2 Å². The van der Waals surface area contributed by atoms with E-state index in [1.165, 1.54) is 0 Å². The first-order valence-corrected chi connectivity index (χ1v) is 9.37. The first-order valence-electron chi connectivity index (χ1n) is 9.37. The third kappa shape index (κ3) is 3.57. The van der Waals surface area contributed by atoms with Crippen LogP contribution in [0.2, 0.25) is 0 Å². The van der Waals surface area contributed by atoms with Gasteiger partial charge < -0.3 is 4.90 Å². The molecule has 0 radical (unpaired) electrons. The second-order valence-corrected chi connectivity index (χ2v) is 6.91. The second kappa shape index (κ2) is 7.75. The van der Waals surface area contributed by atoms with Crippen LogP contribution in [0.3, 0.4) is 0 Å². The number of nitrogens with one attached hydrogen (secondary N) is 1. The van der Waals surface area contributed by atoms with Gasteiger partial charge in [0.2, 0.25) is 5.91 Å². The van der Waals surface area contributed by atoms with Crippen molar-refractivity contribution in [1.29, 1.82) is 0 Å². The molecule has 0 atom stereocenters. The number of tetrazole rings is 1. The minimum atomic E-state index is -0.239.